The van der Waals surface area contributed by atoms with Crippen LogP contribution in [-0.2, 0) is 13.1 Å². The third-order valence-corrected chi connectivity index (χ3v) is 3.48. The number of carbonyl (C=O) groups is 1. The Morgan fingerprint density at radius 1 is 1.00 bits per heavy atom. The van der Waals surface area contributed by atoms with Gasteiger partial charge in [0, 0.05) is 25.7 Å². The molecule has 6 heteroatoms. The second kappa shape index (κ2) is 11.5. The summed E-state index contributed by atoms with van der Waals surface area (Å²) in [7, 11) is 1.63. The quantitative estimate of drug-likeness (QED) is 0.359. The second-order valence-corrected chi connectivity index (χ2v) is 5.31. The van der Waals surface area contributed by atoms with Crippen molar-refractivity contribution in [2.24, 2.45) is 4.99 Å². The minimum atomic E-state index is -0.0880. The molecule has 2 aromatic rings. The van der Waals surface area contributed by atoms with Crippen molar-refractivity contribution in [2.45, 2.75) is 20.0 Å². The van der Waals surface area contributed by atoms with Gasteiger partial charge in [0.25, 0.3) is 5.91 Å². The summed E-state index contributed by atoms with van der Waals surface area (Å²) >= 11 is 0. The van der Waals surface area contributed by atoms with Crippen LogP contribution in [0.3, 0.4) is 0 Å². The zero-order chi connectivity index (χ0) is 17.2. The van der Waals surface area contributed by atoms with Crippen LogP contribution in [0.2, 0.25) is 0 Å². The summed E-state index contributed by atoms with van der Waals surface area (Å²) < 4.78 is 0. The molecular weight excluding hydrogens is 427 g/mol. The summed E-state index contributed by atoms with van der Waals surface area (Å²) in [5.74, 6) is 0.668. The van der Waals surface area contributed by atoms with E-state index in [0.717, 1.165) is 18.1 Å². The minimum Gasteiger partial charge on any atom is -0.357 e. The van der Waals surface area contributed by atoms with Gasteiger partial charge in [-0.1, -0.05) is 42.5 Å². The number of rotatable bonds is 6. The molecule has 0 saturated heterocycles. The highest BCUT2D eigenvalue weighted by Gasteiger charge is 2.04. The van der Waals surface area contributed by atoms with Gasteiger partial charge in [-0.2, -0.15) is 0 Å². The Kier molecular flexibility index (Phi) is 9.61. The van der Waals surface area contributed by atoms with Crippen molar-refractivity contribution in [1.82, 2.24) is 16.0 Å². The number of hydrogen-bond donors (Lipinski definition) is 3. The molecule has 3 N–H and O–H groups in total. The molecular formula is C19H25IN4O. The van der Waals surface area contributed by atoms with Gasteiger partial charge in [0.15, 0.2) is 5.96 Å². The zero-order valence-corrected chi connectivity index (χ0v) is 16.9. The predicted octanol–water partition coefficient (Wildman–Crippen LogP) is 2.92. The summed E-state index contributed by atoms with van der Waals surface area (Å²) in [5, 5.41) is 9.18. The van der Waals surface area contributed by atoms with Crippen LogP contribution >= 0.6 is 24.0 Å². The van der Waals surface area contributed by atoms with Crippen molar-refractivity contribution < 1.29 is 4.79 Å². The van der Waals surface area contributed by atoms with Crippen molar-refractivity contribution in [3.05, 3.63) is 71.3 Å². The molecule has 134 valence electrons. The molecule has 0 fully saturated rings. The number of nitrogens with one attached hydrogen (secondary N) is 3. The average molecular weight is 452 g/mol. The zero-order valence-electron chi connectivity index (χ0n) is 14.6. The number of nitrogens with zero attached hydrogens (tertiary/aromatic N) is 1. The molecule has 0 spiro atoms. The SMILES string of the molecule is CCNC(=NCc1cccc(C(=O)NC)c1)NCc1ccccc1.I. The molecule has 5 nitrogen and oxygen atoms in total. The number of hydrogen-bond acceptors (Lipinski definition) is 2. The number of guanidine groups is 1. The number of aliphatic imine (C=N–C) groups is 1. The molecule has 0 radical (unpaired) electrons. The Morgan fingerprint density at radius 2 is 1.72 bits per heavy atom. The smallest absolute Gasteiger partial charge is 0.251 e. The average Bonchev–Trinajstić information content (AvgIpc) is 2.64. The summed E-state index contributed by atoms with van der Waals surface area (Å²) in [4.78, 5) is 16.3. The molecule has 0 aliphatic rings. The van der Waals surface area contributed by atoms with Crippen LogP contribution in [0.15, 0.2) is 59.6 Å². The predicted molar refractivity (Wildman–Crippen MR) is 113 cm³/mol. The fraction of sp³-hybridized carbons (Fsp3) is 0.263. The van der Waals surface area contributed by atoms with E-state index in [1.807, 2.05) is 43.3 Å². The van der Waals surface area contributed by atoms with Crippen LogP contribution in [0, 0.1) is 0 Å². The van der Waals surface area contributed by atoms with Crippen LogP contribution in [-0.4, -0.2) is 25.5 Å². The van der Waals surface area contributed by atoms with Crippen LogP contribution < -0.4 is 16.0 Å². The van der Waals surface area contributed by atoms with Crippen molar-refractivity contribution >= 4 is 35.8 Å². The Hall–Kier alpha value is -2.09. The number of halogens is 1. The van der Waals surface area contributed by atoms with Crippen LogP contribution in [0.25, 0.3) is 0 Å². The first kappa shape index (κ1) is 21.0. The number of benzene rings is 2. The molecule has 0 saturated carbocycles. The highest BCUT2D eigenvalue weighted by Crippen LogP contribution is 2.06. The molecule has 2 rings (SSSR count). The molecule has 2 aromatic carbocycles. The van der Waals surface area contributed by atoms with E-state index in [1.165, 1.54) is 5.56 Å². The maximum absolute atomic E-state index is 11.7. The van der Waals surface area contributed by atoms with Gasteiger partial charge in [-0.25, -0.2) is 4.99 Å². The van der Waals surface area contributed by atoms with Crippen molar-refractivity contribution in [3.8, 4) is 0 Å². The van der Waals surface area contributed by atoms with E-state index < -0.39 is 0 Å². The van der Waals surface area contributed by atoms with Gasteiger partial charge < -0.3 is 16.0 Å². The summed E-state index contributed by atoms with van der Waals surface area (Å²) in [6.07, 6.45) is 0. The second-order valence-electron chi connectivity index (χ2n) is 5.31. The molecule has 1 amide bonds. The summed E-state index contributed by atoms with van der Waals surface area (Å²) in [6.45, 7) is 4.05. The van der Waals surface area contributed by atoms with E-state index in [4.69, 9.17) is 0 Å². The van der Waals surface area contributed by atoms with Crippen molar-refractivity contribution in [1.29, 1.82) is 0 Å². The standard InChI is InChI=1S/C19H24N4O.HI/c1-3-21-19(22-13-15-8-5-4-6-9-15)23-14-16-10-7-11-17(12-16)18(24)20-2;/h4-12H,3,13-14H2,1-2H3,(H,20,24)(H2,21,22,23);1H. The van der Waals surface area contributed by atoms with Crippen LogP contribution in [0.4, 0.5) is 0 Å². The highest BCUT2D eigenvalue weighted by molar-refractivity contribution is 14.0. The summed E-state index contributed by atoms with van der Waals surface area (Å²) in [5.41, 5.74) is 2.84. The lowest BCUT2D eigenvalue weighted by Gasteiger charge is -2.11. The van der Waals surface area contributed by atoms with Gasteiger partial charge in [-0.15, -0.1) is 24.0 Å². The van der Waals surface area contributed by atoms with E-state index in [1.54, 1.807) is 13.1 Å². The fourth-order valence-electron chi connectivity index (χ4n) is 2.25. The van der Waals surface area contributed by atoms with E-state index in [2.05, 4.69) is 33.1 Å². The van der Waals surface area contributed by atoms with Crippen molar-refractivity contribution in [3.63, 3.8) is 0 Å². The van der Waals surface area contributed by atoms with Crippen molar-refractivity contribution in [2.75, 3.05) is 13.6 Å². The highest BCUT2D eigenvalue weighted by atomic mass is 127. The maximum atomic E-state index is 11.7. The molecule has 0 aliphatic heterocycles. The first-order chi connectivity index (χ1) is 11.7. The number of amides is 1. The van der Waals surface area contributed by atoms with Gasteiger partial charge in [0.1, 0.15) is 0 Å². The molecule has 0 aromatic heterocycles. The van der Waals surface area contributed by atoms with E-state index in [-0.39, 0.29) is 29.9 Å². The molecule has 0 bridgehead atoms. The third-order valence-electron chi connectivity index (χ3n) is 3.48. The molecule has 25 heavy (non-hydrogen) atoms. The largest absolute Gasteiger partial charge is 0.357 e. The van der Waals surface area contributed by atoms with Crippen LogP contribution in [0.5, 0.6) is 0 Å². The third kappa shape index (κ3) is 7.13. The topological polar surface area (TPSA) is 65.5 Å². The molecule has 0 unspecified atom stereocenters. The maximum Gasteiger partial charge on any atom is 0.251 e. The molecule has 0 heterocycles. The normalized spacial score (nSPS) is 10.6. The van der Waals surface area contributed by atoms with Gasteiger partial charge in [-0.3, -0.25) is 4.79 Å². The fourth-order valence-corrected chi connectivity index (χ4v) is 2.25. The van der Waals surface area contributed by atoms with Gasteiger partial charge in [0.05, 0.1) is 6.54 Å². The Bertz CT molecular complexity index is 689. The van der Waals surface area contributed by atoms with Gasteiger partial charge in [-0.05, 0) is 30.2 Å². The van der Waals surface area contributed by atoms with Gasteiger partial charge >= 0.3 is 0 Å². The van der Waals surface area contributed by atoms with E-state index >= 15 is 0 Å². The Labute approximate surface area is 166 Å². The first-order valence-electron chi connectivity index (χ1n) is 8.10. The van der Waals surface area contributed by atoms with E-state index in [0.29, 0.717) is 18.7 Å². The summed E-state index contributed by atoms with van der Waals surface area (Å²) in [6, 6.07) is 17.7. The molecule has 0 atom stereocenters. The lowest BCUT2D eigenvalue weighted by Crippen LogP contribution is -2.36. The minimum absolute atomic E-state index is 0. The Balaban J connectivity index is 0.00000312. The van der Waals surface area contributed by atoms with Gasteiger partial charge in [0.2, 0.25) is 0 Å². The first-order valence-corrected chi connectivity index (χ1v) is 8.10. The Morgan fingerprint density at radius 3 is 2.40 bits per heavy atom. The number of carbonyl (C=O) groups excluding carboxylic acids is 1. The molecule has 0 aliphatic carbocycles. The van der Waals surface area contributed by atoms with Crippen LogP contribution in [0.1, 0.15) is 28.4 Å². The van der Waals surface area contributed by atoms with E-state index in [9.17, 15) is 4.79 Å². The lowest BCUT2D eigenvalue weighted by molar-refractivity contribution is 0.0963. The lowest BCUT2D eigenvalue weighted by atomic mass is 10.1. The monoisotopic (exact) mass is 452 g/mol.